The molecule has 2 aromatic carbocycles. The minimum atomic E-state index is -0.0208. The number of anilines is 2. The summed E-state index contributed by atoms with van der Waals surface area (Å²) in [5.41, 5.74) is 2.78. The van der Waals surface area contributed by atoms with Crippen LogP contribution in [0.3, 0.4) is 0 Å². The molecule has 27 heavy (non-hydrogen) atoms. The Bertz CT molecular complexity index is 759. The summed E-state index contributed by atoms with van der Waals surface area (Å²) in [6.45, 7) is 4.52. The zero-order chi connectivity index (χ0) is 19.1. The SMILES string of the molecule is CCC(=O)Nc1ccc(NC(=O)C2CCCN(Cc3ccccc3)C2)cc1. The fraction of sp³-hybridized carbons (Fsp3) is 0.364. The third-order valence-electron chi connectivity index (χ3n) is 4.88. The van der Waals surface area contributed by atoms with Gasteiger partial charge in [0.05, 0.1) is 5.92 Å². The van der Waals surface area contributed by atoms with Gasteiger partial charge in [0, 0.05) is 30.9 Å². The van der Waals surface area contributed by atoms with E-state index in [0.29, 0.717) is 6.42 Å². The van der Waals surface area contributed by atoms with E-state index in [1.165, 1.54) is 5.56 Å². The Kier molecular flexibility index (Phi) is 6.60. The first-order valence-electron chi connectivity index (χ1n) is 9.61. The van der Waals surface area contributed by atoms with Gasteiger partial charge in [-0.1, -0.05) is 37.3 Å². The molecule has 2 amide bonds. The molecule has 3 rings (SSSR count). The van der Waals surface area contributed by atoms with Crippen molar-refractivity contribution in [2.75, 3.05) is 23.7 Å². The van der Waals surface area contributed by atoms with Crippen molar-refractivity contribution in [3.05, 3.63) is 60.2 Å². The summed E-state index contributed by atoms with van der Waals surface area (Å²) < 4.78 is 0. The zero-order valence-corrected chi connectivity index (χ0v) is 15.8. The van der Waals surface area contributed by atoms with Crippen LogP contribution in [0.25, 0.3) is 0 Å². The van der Waals surface area contributed by atoms with Crippen LogP contribution in [0.15, 0.2) is 54.6 Å². The molecule has 5 heteroatoms. The standard InChI is InChI=1S/C22H27N3O2/c1-2-21(26)23-19-10-12-20(13-11-19)24-22(27)18-9-6-14-25(16-18)15-17-7-4-3-5-8-17/h3-5,7-8,10-13,18H,2,6,9,14-16H2,1H3,(H,23,26)(H,24,27). The Morgan fingerprint density at radius 1 is 1.00 bits per heavy atom. The minimum Gasteiger partial charge on any atom is -0.326 e. The van der Waals surface area contributed by atoms with Crippen molar-refractivity contribution in [1.82, 2.24) is 4.90 Å². The molecule has 5 nitrogen and oxygen atoms in total. The van der Waals surface area contributed by atoms with E-state index >= 15 is 0 Å². The van der Waals surface area contributed by atoms with E-state index in [4.69, 9.17) is 0 Å². The fourth-order valence-electron chi connectivity index (χ4n) is 3.39. The summed E-state index contributed by atoms with van der Waals surface area (Å²) in [7, 11) is 0. The number of likely N-dealkylation sites (tertiary alicyclic amines) is 1. The summed E-state index contributed by atoms with van der Waals surface area (Å²) >= 11 is 0. The highest BCUT2D eigenvalue weighted by atomic mass is 16.2. The molecule has 0 radical (unpaired) electrons. The Morgan fingerprint density at radius 2 is 1.67 bits per heavy atom. The lowest BCUT2D eigenvalue weighted by atomic mass is 9.96. The second kappa shape index (κ2) is 9.33. The van der Waals surface area contributed by atoms with Crippen LogP contribution in [0.2, 0.25) is 0 Å². The van der Waals surface area contributed by atoms with Crippen molar-refractivity contribution in [2.24, 2.45) is 5.92 Å². The molecule has 1 unspecified atom stereocenters. The molecule has 0 spiro atoms. The van der Waals surface area contributed by atoms with Crippen LogP contribution in [0, 0.1) is 5.92 Å². The van der Waals surface area contributed by atoms with Crippen molar-refractivity contribution in [1.29, 1.82) is 0 Å². The molecule has 1 aliphatic heterocycles. The van der Waals surface area contributed by atoms with E-state index in [1.54, 1.807) is 0 Å². The molecular formula is C22H27N3O2. The molecule has 1 aliphatic rings. The van der Waals surface area contributed by atoms with Gasteiger partial charge in [0.1, 0.15) is 0 Å². The Labute approximate surface area is 160 Å². The maximum absolute atomic E-state index is 12.7. The molecule has 142 valence electrons. The second-order valence-electron chi connectivity index (χ2n) is 7.03. The van der Waals surface area contributed by atoms with E-state index in [2.05, 4.69) is 39.8 Å². The van der Waals surface area contributed by atoms with Crippen LogP contribution in [0.4, 0.5) is 11.4 Å². The van der Waals surface area contributed by atoms with Gasteiger partial charge < -0.3 is 10.6 Å². The predicted octanol–water partition coefficient (Wildman–Crippen LogP) is 3.89. The first-order valence-corrected chi connectivity index (χ1v) is 9.61. The lowest BCUT2D eigenvalue weighted by molar-refractivity contribution is -0.121. The highest BCUT2D eigenvalue weighted by molar-refractivity contribution is 5.94. The highest BCUT2D eigenvalue weighted by Crippen LogP contribution is 2.21. The Balaban J connectivity index is 1.53. The van der Waals surface area contributed by atoms with Gasteiger partial charge in [0.25, 0.3) is 0 Å². The highest BCUT2D eigenvalue weighted by Gasteiger charge is 2.25. The number of amides is 2. The molecule has 1 atom stereocenters. The number of hydrogen-bond acceptors (Lipinski definition) is 3. The van der Waals surface area contributed by atoms with E-state index in [9.17, 15) is 9.59 Å². The van der Waals surface area contributed by atoms with Crippen molar-refractivity contribution >= 4 is 23.2 Å². The van der Waals surface area contributed by atoms with Gasteiger partial charge in [0.15, 0.2) is 0 Å². The van der Waals surface area contributed by atoms with Gasteiger partial charge in [-0.15, -0.1) is 0 Å². The van der Waals surface area contributed by atoms with E-state index < -0.39 is 0 Å². The first-order chi connectivity index (χ1) is 13.1. The number of nitrogens with zero attached hydrogens (tertiary/aromatic N) is 1. The molecule has 2 aromatic rings. The molecule has 0 bridgehead atoms. The second-order valence-corrected chi connectivity index (χ2v) is 7.03. The average Bonchev–Trinajstić information content (AvgIpc) is 2.70. The van der Waals surface area contributed by atoms with Crippen LogP contribution in [-0.2, 0) is 16.1 Å². The number of nitrogens with one attached hydrogen (secondary N) is 2. The van der Waals surface area contributed by atoms with E-state index in [0.717, 1.165) is 43.9 Å². The topological polar surface area (TPSA) is 61.4 Å². The van der Waals surface area contributed by atoms with Gasteiger partial charge in [-0.25, -0.2) is 0 Å². The molecule has 0 aliphatic carbocycles. The molecule has 0 aromatic heterocycles. The smallest absolute Gasteiger partial charge is 0.228 e. The van der Waals surface area contributed by atoms with Gasteiger partial charge in [-0.2, -0.15) is 0 Å². The lowest BCUT2D eigenvalue weighted by Gasteiger charge is -2.32. The van der Waals surface area contributed by atoms with E-state index in [-0.39, 0.29) is 17.7 Å². The maximum Gasteiger partial charge on any atom is 0.228 e. The third kappa shape index (κ3) is 5.66. The quantitative estimate of drug-likeness (QED) is 0.816. The summed E-state index contributed by atoms with van der Waals surface area (Å²) in [6, 6.07) is 17.7. The van der Waals surface area contributed by atoms with Crippen molar-refractivity contribution < 1.29 is 9.59 Å². The summed E-state index contributed by atoms with van der Waals surface area (Å²) in [4.78, 5) is 26.4. The number of hydrogen-bond donors (Lipinski definition) is 2. The lowest BCUT2D eigenvalue weighted by Crippen LogP contribution is -2.40. The van der Waals surface area contributed by atoms with Crippen LogP contribution in [0.5, 0.6) is 0 Å². The third-order valence-corrected chi connectivity index (χ3v) is 4.88. The van der Waals surface area contributed by atoms with Gasteiger partial charge in [-0.3, -0.25) is 14.5 Å². The monoisotopic (exact) mass is 365 g/mol. The summed E-state index contributed by atoms with van der Waals surface area (Å²) in [5, 5.41) is 5.82. The van der Waals surface area contributed by atoms with Gasteiger partial charge in [-0.05, 0) is 49.2 Å². The van der Waals surface area contributed by atoms with Gasteiger partial charge >= 0.3 is 0 Å². The Hall–Kier alpha value is -2.66. The van der Waals surface area contributed by atoms with Crippen LogP contribution >= 0.6 is 0 Å². The molecule has 1 heterocycles. The average molecular weight is 365 g/mol. The molecular weight excluding hydrogens is 338 g/mol. The number of carbonyl (C=O) groups excluding carboxylic acids is 2. The van der Waals surface area contributed by atoms with Crippen LogP contribution < -0.4 is 10.6 Å². The molecule has 2 N–H and O–H groups in total. The molecule has 0 saturated carbocycles. The van der Waals surface area contributed by atoms with Crippen molar-refractivity contribution in [3.63, 3.8) is 0 Å². The number of carbonyl (C=O) groups is 2. The Morgan fingerprint density at radius 3 is 2.33 bits per heavy atom. The first kappa shape index (κ1) is 19.1. The minimum absolute atomic E-state index is 0.00179. The number of rotatable bonds is 6. The largest absolute Gasteiger partial charge is 0.326 e. The van der Waals surface area contributed by atoms with Crippen LogP contribution in [0.1, 0.15) is 31.7 Å². The maximum atomic E-state index is 12.7. The summed E-state index contributed by atoms with van der Waals surface area (Å²) in [6.07, 6.45) is 2.40. The molecule has 1 fully saturated rings. The fourth-order valence-corrected chi connectivity index (χ4v) is 3.39. The van der Waals surface area contributed by atoms with Crippen LogP contribution in [-0.4, -0.2) is 29.8 Å². The predicted molar refractivity (Wildman–Crippen MR) is 108 cm³/mol. The van der Waals surface area contributed by atoms with E-state index in [1.807, 2.05) is 37.3 Å². The van der Waals surface area contributed by atoms with Crippen molar-refractivity contribution in [2.45, 2.75) is 32.7 Å². The number of benzene rings is 2. The van der Waals surface area contributed by atoms with Crippen molar-refractivity contribution in [3.8, 4) is 0 Å². The van der Waals surface area contributed by atoms with Gasteiger partial charge in [0.2, 0.25) is 11.8 Å². The zero-order valence-electron chi connectivity index (χ0n) is 15.8. The normalized spacial score (nSPS) is 17.3. The molecule has 1 saturated heterocycles. The number of piperidine rings is 1. The summed E-state index contributed by atoms with van der Waals surface area (Å²) in [5.74, 6) is 0.0486.